The predicted molar refractivity (Wildman–Crippen MR) is 148 cm³/mol. The van der Waals surface area contributed by atoms with Crippen LogP contribution >= 0.6 is 0 Å². The summed E-state index contributed by atoms with van der Waals surface area (Å²) in [5.41, 5.74) is -2.32. The minimum atomic E-state index is -5.10. The zero-order valence-electron chi connectivity index (χ0n) is 22.8. The Kier molecular flexibility index (Phi) is 8.94. The van der Waals surface area contributed by atoms with E-state index in [1.807, 2.05) is 72.8 Å². The highest BCUT2D eigenvalue weighted by molar-refractivity contribution is 5.95. The number of benzene rings is 4. The number of amides is 2. The number of fused-ring (bicyclic) bond motifs is 1. The largest absolute Gasteiger partial charge is 0.416 e. The topological polar surface area (TPSA) is 40.6 Å². The molecule has 0 saturated carbocycles. The number of hydrogen-bond acceptors (Lipinski definition) is 2. The van der Waals surface area contributed by atoms with Gasteiger partial charge >= 0.3 is 12.4 Å². The molecule has 0 radical (unpaired) electrons. The number of nitrogens with zero attached hydrogens (tertiary/aromatic N) is 2. The molecule has 0 N–H and O–H groups in total. The molecule has 0 fully saturated rings. The lowest BCUT2D eigenvalue weighted by atomic mass is 9.97. The third-order valence-electron chi connectivity index (χ3n) is 7.09. The molecule has 220 valence electrons. The summed E-state index contributed by atoms with van der Waals surface area (Å²) in [5, 5.41) is 1.87. The minimum absolute atomic E-state index is 0.0224. The third kappa shape index (κ3) is 7.48. The molecular formula is C32H28F6N2O2. The molecule has 0 spiro atoms. The lowest BCUT2D eigenvalue weighted by Crippen LogP contribution is -2.42. The number of halogens is 6. The Bertz CT molecular complexity index is 1530. The van der Waals surface area contributed by atoms with Crippen molar-refractivity contribution in [1.29, 1.82) is 0 Å². The monoisotopic (exact) mass is 586 g/mol. The molecule has 0 aliphatic heterocycles. The van der Waals surface area contributed by atoms with Crippen molar-refractivity contribution in [3.8, 4) is 0 Å². The van der Waals surface area contributed by atoms with Crippen molar-refractivity contribution >= 4 is 22.6 Å². The summed E-state index contributed by atoms with van der Waals surface area (Å²) in [7, 11) is 2.87. The number of carbonyl (C=O) groups excluding carboxylic acids is 2. The van der Waals surface area contributed by atoms with E-state index >= 15 is 0 Å². The Morgan fingerprint density at radius 1 is 0.690 bits per heavy atom. The highest BCUT2D eigenvalue weighted by atomic mass is 19.4. The van der Waals surface area contributed by atoms with E-state index in [0.717, 1.165) is 26.8 Å². The highest BCUT2D eigenvalue weighted by Crippen LogP contribution is 2.36. The summed E-state index contributed by atoms with van der Waals surface area (Å²) in [6.45, 7) is 0.280. The van der Waals surface area contributed by atoms with Gasteiger partial charge in [0.2, 0.25) is 5.91 Å². The average Bonchev–Trinajstić information content (AvgIpc) is 2.95. The second-order valence-corrected chi connectivity index (χ2v) is 10.2. The molecule has 1 unspecified atom stereocenters. The molecule has 0 aliphatic rings. The van der Waals surface area contributed by atoms with E-state index in [-0.39, 0.29) is 31.4 Å². The Labute approximate surface area is 239 Å². The summed E-state index contributed by atoms with van der Waals surface area (Å²) >= 11 is 0. The molecule has 4 nitrogen and oxygen atoms in total. The van der Waals surface area contributed by atoms with E-state index in [9.17, 15) is 35.9 Å². The first-order chi connectivity index (χ1) is 19.7. The van der Waals surface area contributed by atoms with Crippen LogP contribution in [-0.2, 0) is 30.1 Å². The zero-order chi connectivity index (χ0) is 30.7. The van der Waals surface area contributed by atoms with Crippen molar-refractivity contribution < 1.29 is 35.9 Å². The first-order valence-electron chi connectivity index (χ1n) is 13.0. The predicted octanol–water partition coefficient (Wildman–Crippen LogP) is 7.61. The van der Waals surface area contributed by atoms with E-state index in [1.54, 1.807) is 7.05 Å². The molecule has 2 amide bonds. The van der Waals surface area contributed by atoms with Gasteiger partial charge in [0.05, 0.1) is 11.1 Å². The van der Waals surface area contributed by atoms with Crippen LogP contribution in [-0.4, -0.2) is 41.8 Å². The van der Waals surface area contributed by atoms with Gasteiger partial charge in [-0.2, -0.15) is 26.3 Å². The van der Waals surface area contributed by atoms with E-state index in [4.69, 9.17) is 0 Å². The van der Waals surface area contributed by atoms with Crippen LogP contribution in [0.1, 0.15) is 39.0 Å². The molecule has 0 aromatic heterocycles. The second-order valence-electron chi connectivity index (χ2n) is 10.2. The average molecular weight is 587 g/mol. The number of hydrogen-bond donors (Lipinski definition) is 0. The first-order valence-corrected chi connectivity index (χ1v) is 13.0. The molecule has 0 saturated heterocycles. The fraction of sp³-hybridized carbons (Fsp3) is 0.250. The van der Waals surface area contributed by atoms with Crippen molar-refractivity contribution in [2.24, 2.45) is 0 Å². The quantitative estimate of drug-likeness (QED) is 0.200. The zero-order valence-corrected chi connectivity index (χ0v) is 22.8. The number of carbonyl (C=O) groups is 2. The van der Waals surface area contributed by atoms with Gasteiger partial charge < -0.3 is 9.80 Å². The number of likely N-dealkylation sites (N-methyl/N-ethyl adjacent to an activating group) is 1. The maximum Gasteiger partial charge on any atom is 0.416 e. The summed E-state index contributed by atoms with van der Waals surface area (Å²) < 4.78 is 80.8. The molecule has 0 bridgehead atoms. The van der Waals surface area contributed by atoms with Crippen molar-refractivity contribution in [1.82, 2.24) is 9.80 Å². The SMILES string of the molecule is CN(Cc1ccccc1)C(=O)CC(Cc1ccc2ccccc2c1)N(C)C(=O)c1cc(C(F)(F)F)cc(C(F)(F)F)c1. The lowest BCUT2D eigenvalue weighted by molar-refractivity contribution is -0.143. The van der Waals surface area contributed by atoms with Gasteiger partial charge in [-0.25, -0.2) is 0 Å². The van der Waals surface area contributed by atoms with Crippen LogP contribution in [0.15, 0.2) is 91.0 Å². The molecule has 0 heterocycles. The van der Waals surface area contributed by atoms with Gasteiger partial charge in [-0.15, -0.1) is 0 Å². The van der Waals surface area contributed by atoms with Crippen LogP contribution in [0.2, 0.25) is 0 Å². The van der Waals surface area contributed by atoms with Crippen LogP contribution in [0.3, 0.4) is 0 Å². The van der Waals surface area contributed by atoms with E-state index in [1.165, 1.54) is 11.9 Å². The minimum Gasteiger partial charge on any atom is -0.341 e. The summed E-state index contributed by atoms with van der Waals surface area (Å²) in [4.78, 5) is 29.3. The van der Waals surface area contributed by atoms with Gasteiger partial charge in [-0.05, 0) is 46.5 Å². The molecule has 4 aromatic carbocycles. The maximum atomic E-state index is 13.5. The standard InChI is InChI=1S/C32H28F6N2O2/c1-39(20-21-8-4-3-5-9-21)29(41)19-28(15-22-12-13-23-10-6-7-11-24(23)14-22)40(2)30(42)25-16-26(31(33,34)35)18-27(17-25)32(36,37)38/h3-14,16-18,28H,15,19-20H2,1-2H3. The van der Waals surface area contributed by atoms with Crippen LogP contribution < -0.4 is 0 Å². The highest BCUT2D eigenvalue weighted by Gasteiger charge is 2.38. The van der Waals surface area contributed by atoms with E-state index in [2.05, 4.69) is 0 Å². The molecule has 42 heavy (non-hydrogen) atoms. The van der Waals surface area contributed by atoms with Crippen molar-refractivity contribution in [2.45, 2.75) is 37.8 Å². The van der Waals surface area contributed by atoms with Crippen molar-refractivity contribution in [2.75, 3.05) is 14.1 Å². The van der Waals surface area contributed by atoms with Crippen molar-refractivity contribution in [3.05, 3.63) is 119 Å². The van der Waals surface area contributed by atoms with Crippen LogP contribution in [0.5, 0.6) is 0 Å². The Hall–Kier alpha value is -4.34. The number of rotatable bonds is 8. The van der Waals surface area contributed by atoms with E-state index < -0.39 is 41.0 Å². The second kappa shape index (κ2) is 12.3. The fourth-order valence-electron chi connectivity index (χ4n) is 4.73. The van der Waals surface area contributed by atoms with Crippen molar-refractivity contribution in [3.63, 3.8) is 0 Å². The van der Waals surface area contributed by atoms with E-state index in [0.29, 0.717) is 12.1 Å². The van der Waals surface area contributed by atoms with Gasteiger partial charge in [0.1, 0.15) is 0 Å². The van der Waals surface area contributed by atoms with Gasteiger partial charge in [-0.3, -0.25) is 9.59 Å². The van der Waals surface area contributed by atoms with Gasteiger partial charge in [0, 0.05) is 38.7 Å². The smallest absolute Gasteiger partial charge is 0.341 e. The summed E-state index contributed by atoms with van der Waals surface area (Å²) in [5.74, 6) is -1.40. The van der Waals surface area contributed by atoms with Gasteiger partial charge in [0.15, 0.2) is 0 Å². The molecule has 4 aromatic rings. The lowest BCUT2D eigenvalue weighted by Gasteiger charge is -2.30. The van der Waals surface area contributed by atoms with Crippen LogP contribution in [0, 0.1) is 0 Å². The summed E-state index contributed by atoms with van der Waals surface area (Å²) in [6, 6.07) is 22.2. The maximum absolute atomic E-state index is 13.5. The Morgan fingerprint density at radius 3 is 1.86 bits per heavy atom. The molecule has 4 rings (SSSR count). The van der Waals surface area contributed by atoms with Gasteiger partial charge in [0.25, 0.3) is 5.91 Å². The normalized spacial score (nSPS) is 12.7. The first kappa shape index (κ1) is 30.6. The molecule has 0 aliphatic carbocycles. The molecular weight excluding hydrogens is 558 g/mol. The third-order valence-corrected chi connectivity index (χ3v) is 7.09. The summed E-state index contributed by atoms with van der Waals surface area (Å²) in [6.07, 6.45) is -10.3. The number of alkyl halides is 6. The fourth-order valence-corrected chi connectivity index (χ4v) is 4.73. The van der Waals surface area contributed by atoms with Crippen LogP contribution in [0.25, 0.3) is 10.8 Å². The Balaban J connectivity index is 1.67. The molecule has 1 atom stereocenters. The molecule has 10 heteroatoms. The Morgan fingerprint density at radius 2 is 1.26 bits per heavy atom. The van der Waals surface area contributed by atoms with Crippen LogP contribution in [0.4, 0.5) is 26.3 Å². The van der Waals surface area contributed by atoms with Gasteiger partial charge in [-0.1, -0.05) is 72.8 Å².